The molecule has 120 valence electrons. The van der Waals surface area contributed by atoms with Crippen LogP contribution in [0.4, 0.5) is 11.4 Å². The topological polar surface area (TPSA) is 81.5 Å². The number of rotatable bonds is 6. The molecule has 0 heterocycles. The monoisotopic (exact) mass is 334 g/mol. The molecule has 0 aliphatic carbocycles. The average Bonchev–Trinajstić information content (AvgIpc) is 2.53. The number of hydrogen-bond donors (Lipinski definition) is 1. The van der Waals surface area contributed by atoms with E-state index >= 15 is 0 Å². The minimum atomic E-state index is -0.607. The van der Waals surface area contributed by atoms with E-state index in [0.29, 0.717) is 5.69 Å². The van der Waals surface area contributed by atoms with Crippen LogP contribution in [-0.4, -0.2) is 17.4 Å². The molecule has 0 aromatic heterocycles. The number of halogens is 1. The Labute approximate surface area is 138 Å². The van der Waals surface area contributed by atoms with Gasteiger partial charge in [-0.15, -0.1) is 0 Å². The van der Waals surface area contributed by atoms with Crippen molar-refractivity contribution in [3.8, 4) is 5.75 Å². The summed E-state index contributed by atoms with van der Waals surface area (Å²) in [5.41, 5.74) is 1.47. The summed E-state index contributed by atoms with van der Waals surface area (Å²) in [5, 5.41) is 13.9. The van der Waals surface area contributed by atoms with Gasteiger partial charge in [0.25, 0.3) is 5.91 Å². The van der Waals surface area contributed by atoms with E-state index in [-0.39, 0.29) is 23.1 Å². The van der Waals surface area contributed by atoms with Crippen LogP contribution in [0.2, 0.25) is 5.02 Å². The Bertz CT molecular complexity index is 734. The summed E-state index contributed by atoms with van der Waals surface area (Å²) in [6, 6.07) is 11.4. The molecule has 2 aromatic carbocycles. The number of amides is 1. The maximum atomic E-state index is 11.9. The number of carbonyl (C=O) groups is 1. The van der Waals surface area contributed by atoms with Crippen molar-refractivity contribution >= 4 is 28.9 Å². The molecular formula is C16H15ClN2O4. The van der Waals surface area contributed by atoms with E-state index in [1.54, 1.807) is 6.07 Å². The molecule has 0 unspecified atom stereocenters. The minimum absolute atomic E-state index is 0.00291. The molecule has 23 heavy (non-hydrogen) atoms. The standard InChI is InChI=1S/C16H15ClN2O4/c1-2-11-4-3-5-13(8-11)18-16(20)10-23-15-7-6-12(17)9-14(15)19(21)22/h3-9H,2,10H2,1H3,(H,18,20). The molecule has 0 saturated heterocycles. The van der Waals surface area contributed by atoms with E-state index in [1.165, 1.54) is 18.2 Å². The number of benzene rings is 2. The second kappa shape index (κ2) is 7.60. The van der Waals surface area contributed by atoms with Crippen LogP contribution in [0.15, 0.2) is 42.5 Å². The molecule has 0 fully saturated rings. The molecule has 0 atom stereocenters. The highest BCUT2D eigenvalue weighted by Crippen LogP contribution is 2.29. The molecule has 0 aliphatic rings. The SMILES string of the molecule is CCc1cccc(NC(=O)COc2ccc(Cl)cc2[N+](=O)[O-])c1. The largest absolute Gasteiger partial charge is 0.477 e. The summed E-state index contributed by atoms with van der Waals surface area (Å²) >= 11 is 5.72. The van der Waals surface area contributed by atoms with E-state index in [1.807, 2.05) is 25.1 Å². The number of carbonyl (C=O) groups excluding carboxylic acids is 1. The van der Waals surface area contributed by atoms with Gasteiger partial charge in [-0.1, -0.05) is 30.7 Å². The zero-order valence-electron chi connectivity index (χ0n) is 12.4. The highest BCUT2D eigenvalue weighted by Gasteiger charge is 2.16. The molecule has 0 bridgehead atoms. The lowest BCUT2D eigenvalue weighted by Gasteiger charge is -2.09. The van der Waals surface area contributed by atoms with E-state index in [0.717, 1.165) is 12.0 Å². The zero-order chi connectivity index (χ0) is 16.8. The molecule has 2 rings (SSSR count). The molecule has 6 nitrogen and oxygen atoms in total. The zero-order valence-corrected chi connectivity index (χ0v) is 13.2. The first-order valence-corrected chi connectivity index (χ1v) is 7.33. The maximum absolute atomic E-state index is 11.9. The number of ether oxygens (including phenoxy) is 1. The quantitative estimate of drug-likeness (QED) is 0.643. The Morgan fingerprint density at radius 2 is 2.09 bits per heavy atom. The van der Waals surface area contributed by atoms with Crippen LogP contribution in [0.1, 0.15) is 12.5 Å². The third-order valence-electron chi connectivity index (χ3n) is 3.10. The predicted molar refractivity (Wildman–Crippen MR) is 88.1 cm³/mol. The normalized spacial score (nSPS) is 10.2. The molecule has 1 amide bonds. The summed E-state index contributed by atoms with van der Waals surface area (Å²) in [6.07, 6.45) is 0.858. The Morgan fingerprint density at radius 1 is 1.30 bits per heavy atom. The second-order valence-electron chi connectivity index (χ2n) is 4.76. The summed E-state index contributed by atoms with van der Waals surface area (Å²) in [6.45, 7) is 1.68. The number of nitrogens with zero attached hydrogens (tertiary/aromatic N) is 1. The van der Waals surface area contributed by atoms with Crippen molar-refractivity contribution in [2.24, 2.45) is 0 Å². The Balaban J connectivity index is 2.00. The number of nitrogens with one attached hydrogen (secondary N) is 1. The summed E-state index contributed by atoms with van der Waals surface area (Å²) in [7, 11) is 0. The third kappa shape index (κ3) is 4.69. The lowest BCUT2D eigenvalue weighted by Crippen LogP contribution is -2.20. The van der Waals surface area contributed by atoms with Gasteiger partial charge >= 0.3 is 5.69 Å². The van der Waals surface area contributed by atoms with Gasteiger partial charge in [-0.3, -0.25) is 14.9 Å². The predicted octanol–water partition coefficient (Wildman–Crippen LogP) is 3.83. The Morgan fingerprint density at radius 3 is 2.78 bits per heavy atom. The lowest BCUT2D eigenvalue weighted by atomic mass is 10.1. The first-order valence-electron chi connectivity index (χ1n) is 6.95. The fourth-order valence-corrected chi connectivity index (χ4v) is 2.13. The van der Waals surface area contributed by atoms with Crippen LogP contribution >= 0.6 is 11.6 Å². The van der Waals surface area contributed by atoms with Crippen molar-refractivity contribution in [2.45, 2.75) is 13.3 Å². The first-order chi connectivity index (χ1) is 11.0. The molecule has 0 spiro atoms. The van der Waals surface area contributed by atoms with E-state index in [2.05, 4.69) is 5.32 Å². The molecule has 0 radical (unpaired) electrons. The van der Waals surface area contributed by atoms with Crippen molar-refractivity contribution in [1.82, 2.24) is 0 Å². The van der Waals surface area contributed by atoms with Gasteiger partial charge < -0.3 is 10.1 Å². The molecule has 2 aromatic rings. The third-order valence-corrected chi connectivity index (χ3v) is 3.33. The van der Waals surface area contributed by atoms with Gasteiger partial charge in [0, 0.05) is 16.8 Å². The lowest BCUT2D eigenvalue weighted by molar-refractivity contribution is -0.385. The van der Waals surface area contributed by atoms with E-state index < -0.39 is 10.8 Å². The van der Waals surface area contributed by atoms with Gasteiger partial charge in [0.05, 0.1) is 4.92 Å². The van der Waals surface area contributed by atoms with Crippen molar-refractivity contribution < 1.29 is 14.5 Å². The molecule has 0 saturated carbocycles. The molecule has 0 aliphatic heterocycles. The highest BCUT2D eigenvalue weighted by atomic mass is 35.5. The van der Waals surface area contributed by atoms with Crippen molar-refractivity contribution in [3.63, 3.8) is 0 Å². The average molecular weight is 335 g/mol. The van der Waals surface area contributed by atoms with Crippen molar-refractivity contribution in [2.75, 3.05) is 11.9 Å². The van der Waals surface area contributed by atoms with Crippen LogP contribution < -0.4 is 10.1 Å². The fourth-order valence-electron chi connectivity index (χ4n) is 1.96. The fraction of sp³-hybridized carbons (Fsp3) is 0.188. The van der Waals surface area contributed by atoms with E-state index in [4.69, 9.17) is 16.3 Å². The van der Waals surface area contributed by atoms with Crippen molar-refractivity contribution in [3.05, 3.63) is 63.2 Å². The first kappa shape index (κ1) is 16.8. The van der Waals surface area contributed by atoms with Gasteiger partial charge in [-0.25, -0.2) is 0 Å². The number of anilines is 1. The minimum Gasteiger partial charge on any atom is -0.477 e. The van der Waals surface area contributed by atoms with Crippen LogP contribution in [0.3, 0.4) is 0 Å². The Kier molecular flexibility index (Phi) is 5.54. The van der Waals surface area contributed by atoms with E-state index in [9.17, 15) is 14.9 Å². The molecule has 1 N–H and O–H groups in total. The summed E-state index contributed by atoms with van der Waals surface area (Å²) in [4.78, 5) is 22.2. The second-order valence-corrected chi connectivity index (χ2v) is 5.20. The van der Waals surface area contributed by atoms with Gasteiger partial charge in [0.2, 0.25) is 0 Å². The smallest absolute Gasteiger partial charge is 0.312 e. The van der Waals surface area contributed by atoms with Crippen LogP contribution in [0, 0.1) is 10.1 Å². The van der Waals surface area contributed by atoms with Crippen LogP contribution in [0.5, 0.6) is 5.75 Å². The van der Waals surface area contributed by atoms with Crippen LogP contribution in [-0.2, 0) is 11.2 Å². The highest BCUT2D eigenvalue weighted by molar-refractivity contribution is 6.30. The molecule has 7 heteroatoms. The Hall–Kier alpha value is -2.60. The van der Waals surface area contributed by atoms with Gasteiger partial charge in [-0.05, 0) is 36.2 Å². The molecular weight excluding hydrogens is 320 g/mol. The summed E-state index contributed by atoms with van der Waals surface area (Å²) < 4.78 is 5.23. The van der Waals surface area contributed by atoms with Gasteiger partial charge in [0.1, 0.15) is 0 Å². The van der Waals surface area contributed by atoms with Gasteiger partial charge in [0.15, 0.2) is 12.4 Å². The number of nitro groups is 1. The van der Waals surface area contributed by atoms with Crippen molar-refractivity contribution in [1.29, 1.82) is 0 Å². The number of nitro benzene ring substituents is 1. The summed E-state index contributed by atoms with van der Waals surface area (Å²) in [5.74, 6) is -0.403. The van der Waals surface area contributed by atoms with Crippen LogP contribution in [0.25, 0.3) is 0 Å². The van der Waals surface area contributed by atoms with Gasteiger partial charge in [-0.2, -0.15) is 0 Å². The maximum Gasteiger partial charge on any atom is 0.312 e. The number of hydrogen-bond acceptors (Lipinski definition) is 4. The number of aryl methyl sites for hydroxylation is 1.